The van der Waals surface area contributed by atoms with Gasteiger partial charge in [-0.05, 0) is 143 Å². The summed E-state index contributed by atoms with van der Waals surface area (Å²) in [7, 11) is 0. The third-order valence-corrected chi connectivity index (χ3v) is 16.7. The molecule has 0 heterocycles. The van der Waals surface area contributed by atoms with Crippen LogP contribution in [0.2, 0.25) is 0 Å². The third-order valence-electron chi connectivity index (χ3n) is 16.7. The van der Waals surface area contributed by atoms with Crippen molar-refractivity contribution in [2.45, 2.75) is 168 Å². The van der Waals surface area contributed by atoms with E-state index in [-0.39, 0.29) is 60.9 Å². The highest BCUT2D eigenvalue weighted by Gasteiger charge is 2.49. The van der Waals surface area contributed by atoms with Crippen molar-refractivity contribution in [3.63, 3.8) is 0 Å². The van der Waals surface area contributed by atoms with Gasteiger partial charge in [0.1, 0.15) is 0 Å². The van der Waals surface area contributed by atoms with Crippen LogP contribution in [0, 0.1) is 70.0 Å². The topological polar surface area (TPSA) is 125 Å². The molecule has 0 radical (unpaired) electrons. The second-order valence-electron chi connectivity index (χ2n) is 19.6. The van der Waals surface area contributed by atoms with Crippen LogP contribution >= 0.6 is 0 Å². The van der Waals surface area contributed by atoms with E-state index < -0.39 is 12.2 Å². The molecule has 6 N–H and O–H groups in total. The molecule has 0 bridgehead atoms. The maximum atomic E-state index is 10.7. The third kappa shape index (κ3) is 8.44. The average molecular weight is 692 g/mol. The molecule has 0 saturated heterocycles. The number of aliphatic hydroxyl groups is 6. The Morgan fingerprint density at radius 3 is 1.06 bits per heavy atom. The van der Waals surface area contributed by atoms with Crippen molar-refractivity contribution in [2.75, 3.05) is 26.4 Å². The molecule has 5 fully saturated rings. The number of hydrogen-bond acceptors (Lipinski definition) is 7. The molecule has 0 aromatic heterocycles. The monoisotopic (exact) mass is 692 g/mol. The molecular weight excluding hydrogens is 614 g/mol. The Bertz CT molecular complexity index is 911. The fourth-order valence-electron chi connectivity index (χ4n) is 12.5. The van der Waals surface area contributed by atoms with Gasteiger partial charge in [-0.3, -0.25) is 4.90 Å². The van der Waals surface area contributed by atoms with Crippen LogP contribution in [0.5, 0.6) is 0 Å². The van der Waals surface area contributed by atoms with Gasteiger partial charge in [0.2, 0.25) is 0 Å². The van der Waals surface area contributed by atoms with Gasteiger partial charge in [0.15, 0.2) is 0 Å². The lowest BCUT2D eigenvalue weighted by Crippen LogP contribution is -2.55. The van der Waals surface area contributed by atoms with Crippen LogP contribution in [0.4, 0.5) is 0 Å². The van der Waals surface area contributed by atoms with Crippen molar-refractivity contribution < 1.29 is 30.6 Å². The average Bonchev–Trinajstić information content (AvgIpc) is 3.10. The minimum atomic E-state index is -0.599. The first-order valence-corrected chi connectivity index (χ1v) is 20.8. The molecule has 7 heteroatoms. The minimum absolute atomic E-state index is 0.0000572. The molecule has 5 rings (SSSR count). The van der Waals surface area contributed by atoms with Crippen molar-refractivity contribution in [3.8, 4) is 0 Å². The van der Waals surface area contributed by atoms with Crippen LogP contribution in [0.3, 0.4) is 0 Å². The standard InChI is InChI=1S/C42H77NO6/c1-26-7-12-38(17-27(26)2)43(36-13-8-32(9-14-36)41(3,4)34-18-28(22-44)39(48)29(19-34)23-45)37-15-10-33(11-16-37)42(5,6)35-20-30(24-46)40(49)31(21-35)25-47/h26-40,44-49H,7-25H2,1-6H3. The van der Waals surface area contributed by atoms with Crippen LogP contribution < -0.4 is 0 Å². The zero-order valence-corrected chi connectivity index (χ0v) is 32.2. The first kappa shape index (κ1) is 39.9. The van der Waals surface area contributed by atoms with E-state index in [9.17, 15) is 30.6 Å². The molecule has 0 aromatic carbocycles. The zero-order valence-electron chi connectivity index (χ0n) is 32.2. The molecular formula is C42H77NO6. The largest absolute Gasteiger partial charge is 0.396 e. The molecule has 7 atom stereocenters. The molecule has 0 spiro atoms. The maximum absolute atomic E-state index is 10.7. The zero-order chi connectivity index (χ0) is 35.7. The second-order valence-corrected chi connectivity index (χ2v) is 19.6. The summed E-state index contributed by atoms with van der Waals surface area (Å²) < 4.78 is 0. The van der Waals surface area contributed by atoms with Gasteiger partial charge in [0, 0.05) is 68.2 Å². The highest BCUT2D eigenvalue weighted by molar-refractivity contribution is 5.00. The van der Waals surface area contributed by atoms with Crippen LogP contribution in [-0.4, -0.2) is 92.3 Å². The Morgan fingerprint density at radius 2 is 0.755 bits per heavy atom. The Morgan fingerprint density at radius 1 is 0.429 bits per heavy atom. The Balaban J connectivity index is 1.25. The second kappa shape index (κ2) is 16.8. The van der Waals surface area contributed by atoms with E-state index in [1.807, 2.05) is 0 Å². The van der Waals surface area contributed by atoms with Gasteiger partial charge in [-0.15, -0.1) is 0 Å². The Hall–Kier alpha value is -0.280. The van der Waals surface area contributed by atoms with E-state index >= 15 is 0 Å². The Kier molecular flexibility index (Phi) is 13.7. The molecule has 7 unspecified atom stereocenters. The van der Waals surface area contributed by atoms with E-state index in [0.717, 1.165) is 37.5 Å². The molecule has 0 aromatic rings. The molecule has 5 aliphatic rings. The van der Waals surface area contributed by atoms with Gasteiger partial charge in [-0.25, -0.2) is 0 Å². The molecule has 0 amide bonds. The van der Waals surface area contributed by atoms with Crippen molar-refractivity contribution >= 4 is 0 Å². The van der Waals surface area contributed by atoms with Crippen LogP contribution in [0.15, 0.2) is 0 Å². The lowest BCUT2D eigenvalue weighted by Gasteiger charge is -2.54. The molecule has 5 saturated carbocycles. The van der Waals surface area contributed by atoms with E-state index in [2.05, 4.69) is 46.4 Å². The van der Waals surface area contributed by atoms with E-state index in [4.69, 9.17) is 0 Å². The van der Waals surface area contributed by atoms with E-state index in [1.165, 1.54) is 70.6 Å². The van der Waals surface area contributed by atoms with Crippen LogP contribution in [-0.2, 0) is 0 Å². The molecule has 0 aliphatic heterocycles. The first-order valence-electron chi connectivity index (χ1n) is 20.8. The molecule has 286 valence electrons. The summed E-state index contributed by atoms with van der Waals surface area (Å²) in [6, 6.07) is 1.97. The van der Waals surface area contributed by atoms with Crippen molar-refractivity contribution in [3.05, 3.63) is 0 Å². The quantitative estimate of drug-likeness (QED) is 0.151. The highest BCUT2D eigenvalue weighted by atomic mass is 16.3. The van der Waals surface area contributed by atoms with Gasteiger partial charge in [-0.2, -0.15) is 0 Å². The van der Waals surface area contributed by atoms with Crippen molar-refractivity contribution in [1.82, 2.24) is 4.90 Å². The van der Waals surface area contributed by atoms with E-state index in [1.54, 1.807) is 0 Å². The predicted molar refractivity (Wildman–Crippen MR) is 197 cm³/mol. The van der Waals surface area contributed by atoms with Gasteiger partial charge in [0.25, 0.3) is 0 Å². The van der Waals surface area contributed by atoms with Crippen molar-refractivity contribution in [1.29, 1.82) is 0 Å². The molecule has 49 heavy (non-hydrogen) atoms. The fourth-order valence-corrected chi connectivity index (χ4v) is 12.5. The summed E-state index contributed by atoms with van der Waals surface area (Å²) in [5, 5.41) is 61.7. The van der Waals surface area contributed by atoms with Gasteiger partial charge >= 0.3 is 0 Å². The lowest BCUT2D eigenvalue weighted by molar-refractivity contribution is -0.0858. The molecule has 7 nitrogen and oxygen atoms in total. The van der Waals surface area contributed by atoms with Crippen LogP contribution in [0.1, 0.15) is 138 Å². The smallest absolute Gasteiger partial charge is 0.0640 e. The number of nitrogens with zero attached hydrogens (tertiary/aromatic N) is 1. The first-order chi connectivity index (χ1) is 23.3. The van der Waals surface area contributed by atoms with Crippen molar-refractivity contribution in [2.24, 2.45) is 70.0 Å². The SMILES string of the molecule is CC1CCC(N(C2CCC(C(C)(C)C3CC(CO)C(O)C(CO)C3)CC2)C2CCC(C(C)(C)C3CC(CO)C(O)C(CO)C3)CC2)CC1C. The predicted octanol–water partition coefficient (Wildman–Crippen LogP) is 6.26. The highest BCUT2D eigenvalue weighted by Crippen LogP contribution is 2.54. The number of rotatable bonds is 11. The summed E-state index contributed by atoms with van der Waals surface area (Å²) >= 11 is 0. The van der Waals surface area contributed by atoms with Crippen LogP contribution in [0.25, 0.3) is 0 Å². The maximum Gasteiger partial charge on any atom is 0.0640 e. The normalized spacial score (nSPS) is 44.6. The Labute approximate surface area is 299 Å². The fraction of sp³-hybridized carbons (Fsp3) is 1.00. The number of aliphatic hydroxyl groups excluding tert-OH is 6. The molecule has 5 aliphatic carbocycles. The summed E-state index contributed by atoms with van der Waals surface area (Å²) in [5.74, 6) is 3.15. The summed E-state index contributed by atoms with van der Waals surface area (Å²) in [6.45, 7) is 14.7. The summed E-state index contributed by atoms with van der Waals surface area (Å²) in [5.41, 5.74) is 0.239. The van der Waals surface area contributed by atoms with Gasteiger partial charge in [-0.1, -0.05) is 41.5 Å². The lowest BCUT2D eigenvalue weighted by atomic mass is 9.57. The van der Waals surface area contributed by atoms with Gasteiger partial charge < -0.3 is 30.6 Å². The van der Waals surface area contributed by atoms with E-state index in [0.29, 0.717) is 41.8 Å². The minimum Gasteiger partial charge on any atom is -0.396 e. The summed E-state index contributed by atoms with van der Waals surface area (Å²) in [6.07, 6.45) is 16.2. The van der Waals surface area contributed by atoms with Gasteiger partial charge in [0.05, 0.1) is 12.2 Å². The summed E-state index contributed by atoms with van der Waals surface area (Å²) in [4.78, 5) is 3.08. The number of hydrogen-bond donors (Lipinski definition) is 6.